The lowest BCUT2D eigenvalue weighted by atomic mass is 10.1. The fraction of sp³-hybridized carbons (Fsp3) is 0. The van der Waals surface area contributed by atoms with Crippen LogP contribution in [-0.2, 0) is 4.74 Å². The summed E-state index contributed by atoms with van der Waals surface area (Å²) < 4.78 is 5.31. The number of non-ortho nitro benzene ring substituents is 1. The van der Waals surface area contributed by atoms with Crippen molar-refractivity contribution < 1.29 is 14.5 Å². The summed E-state index contributed by atoms with van der Waals surface area (Å²) in [6, 6.07) is 15.3. The summed E-state index contributed by atoms with van der Waals surface area (Å²) in [5.74, 6) is -0.106. The van der Waals surface area contributed by atoms with Gasteiger partial charge in [-0.05, 0) is 35.9 Å². The first kappa shape index (κ1) is 14.1. The van der Waals surface area contributed by atoms with Crippen molar-refractivity contribution in [2.45, 2.75) is 0 Å². The molecule has 2 aromatic carbocycles. The lowest BCUT2D eigenvalue weighted by Gasteiger charge is -2.01. The molecule has 1 aliphatic rings. The number of benzene rings is 2. The van der Waals surface area contributed by atoms with E-state index in [0.29, 0.717) is 22.6 Å². The number of hydrogen-bond donors (Lipinski definition) is 0. The maximum absolute atomic E-state index is 12.1. The molecule has 0 saturated heterocycles. The van der Waals surface area contributed by atoms with Crippen molar-refractivity contribution in [3.05, 3.63) is 81.5 Å². The monoisotopic (exact) mass is 318 g/mol. The Morgan fingerprint density at radius 1 is 1.08 bits per heavy atom. The summed E-state index contributed by atoms with van der Waals surface area (Å²) in [6.07, 6.45) is 1.65. The van der Waals surface area contributed by atoms with Crippen molar-refractivity contribution in [3.63, 3.8) is 0 Å². The lowest BCUT2D eigenvalue weighted by Crippen LogP contribution is -1.94. The highest BCUT2D eigenvalue weighted by molar-refractivity contribution is 6.07. The van der Waals surface area contributed by atoms with Crippen LogP contribution in [0.25, 0.3) is 22.7 Å². The summed E-state index contributed by atoms with van der Waals surface area (Å²) in [6.45, 7) is 0. The molecule has 6 heteroatoms. The van der Waals surface area contributed by atoms with Gasteiger partial charge in [-0.3, -0.25) is 10.1 Å². The van der Waals surface area contributed by atoms with Crippen LogP contribution in [0.1, 0.15) is 21.6 Å². The van der Waals surface area contributed by atoms with Crippen LogP contribution in [0.3, 0.4) is 0 Å². The molecule has 6 nitrogen and oxygen atoms in total. The van der Waals surface area contributed by atoms with E-state index < -0.39 is 10.9 Å². The number of aromatic nitrogens is 1. The van der Waals surface area contributed by atoms with Gasteiger partial charge in [-0.15, -0.1) is 0 Å². The van der Waals surface area contributed by atoms with Crippen molar-refractivity contribution in [1.29, 1.82) is 0 Å². The smallest absolute Gasteiger partial charge is 0.345 e. The Hall–Kier alpha value is -3.54. The molecule has 3 aromatic rings. The number of nitro groups is 1. The highest BCUT2D eigenvalue weighted by Crippen LogP contribution is 2.32. The first-order chi connectivity index (χ1) is 11.6. The second-order valence-electron chi connectivity index (χ2n) is 5.32. The van der Waals surface area contributed by atoms with Crippen LogP contribution in [0, 0.1) is 10.1 Å². The fourth-order valence-electron chi connectivity index (χ4n) is 2.60. The standard InChI is InChI=1S/C18H10N2O4/c21-18-14-10-12-3-1-2-4-15(12)19-17(14)16(24-18)9-11-5-7-13(8-6-11)20(22)23/h1-10H. The molecule has 24 heavy (non-hydrogen) atoms. The van der Waals surface area contributed by atoms with E-state index in [0.717, 1.165) is 10.9 Å². The molecule has 4 rings (SSSR count). The van der Waals surface area contributed by atoms with Crippen molar-refractivity contribution in [3.8, 4) is 0 Å². The molecule has 1 aliphatic heterocycles. The van der Waals surface area contributed by atoms with E-state index >= 15 is 0 Å². The topological polar surface area (TPSA) is 82.3 Å². The molecule has 0 N–H and O–H groups in total. The van der Waals surface area contributed by atoms with Gasteiger partial charge in [-0.1, -0.05) is 18.2 Å². The summed E-state index contributed by atoms with van der Waals surface area (Å²) in [4.78, 5) is 26.8. The van der Waals surface area contributed by atoms with E-state index in [9.17, 15) is 14.9 Å². The zero-order valence-electron chi connectivity index (χ0n) is 12.3. The maximum Gasteiger partial charge on any atom is 0.345 e. The third kappa shape index (κ3) is 2.30. The van der Waals surface area contributed by atoms with Crippen LogP contribution in [0.2, 0.25) is 0 Å². The number of nitrogens with zero attached hydrogens (tertiary/aromatic N) is 2. The van der Waals surface area contributed by atoms with Crippen molar-refractivity contribution in [2.24, 2.45) is 0 Å². The Kier molecular flexibility index (Phi) is 3.09. The molecule has 2 heterocycles. The number of pyridine rings is 1. The number of carbonyl (C=O) groups excluding carboxylic acids is 1. The minimum absolute atomic E-state index is 0.00471. The van der Waals surface area contributed by atoms with Crippen molar-refractivity contribution in [1.82, 2.24) is 4.98 Å². The first-order valence-corrected chi connectivity index (χ1v) is 7.20. The third-order valence-electron chi connectivity index (χ3n) is 3.78. The van der Waals surface area contributed by atoms with Gasteiger partial charge in [0.1, 0.15) is 5.69 Å². The second-order valence-corrected chi connectivity index (χ2v) is 5.32. The van der Waals surface area contributed by atoms with E-state index in [1.54, 1.807) is 24.3 Å². The maximum atomic E-state index is 12.1. The molecular formula is C18H10N2O4. The molecule has 0 fully saturated rings. The van der Waals surface area contributed by atoms with Gasteiger partial charge in [0, 0.05) is 17.5 Å². The van der Waals surface area contributed by atoms with Gasteiger partial charge in [-0.2, -0.15) is 0 Å². The predicted molar refractivity (Wildman–Crippen MR) is 88.1 cm³/mol. The van der Waals surface area contributed by atoms with E-state index in [1.807, 2.05) is 24.3 Å². The Morgan fingerprint density at radius 3 is 2.58 bits per heavy atom. The Morgan fingerprint density at radius 2 is 1.83 bits per heavy atom. The van der Waals surface area contributed by atoms with Crippen LogP contribution in [0.4, 0.5) is 5.69 Å². The van der Waals surface area contributed by atoms with Crippen LogP contribution in [0.5, 0.6) is 0 Å². The quantitative estimate of drug-likeness (QED) is 0.407. The molecule has 116 valence electrons. The molecule has 0 radical (unpaired) electrons. The summed E-state index contributed by atoms with van der Waals surface area (Å²) in [5.41, 5.74) is 2.36. The highest BCUT2D eigenvalue weighted by atomic mass is 16.6. The number of hydrogen-bond acceptors (Lipinski definition) is 5. The SMILES string of the molecule is O=C1OC(=Cc2ccc([N+](=O)[O-])cc2)c2nc3ccccc3cc21. The summed E-state index contributed by atoms with van der Waals surface area (Å²) in [5, 5.41) is 11.6. The molecule has 1 aromatic heterocycles. The van der Waals surface area contributed by atoms with Crippen molar-refractivity contribution in [2.75, 3.05) is 0 Å². The average molecular weight is 318 g/mol. The van der Waals surface area contributed by atoms with Crippen LogP contribution >= 0.6 is 0 Å². The molecule has 0 unspecified atom stereocenters. The molecular weight excluding hydrogens is 308 g/mol. The van der Waals surface area contributed by atoms with Gasteiger partial charge in [0.05, 0.1) is 16.0 Å². The minimum Gasteiger partial charge on any atom is -0.421 e. The largest absolute Gasteiger partial charge is 0.421 e. The molecule has 0 spiro atoms. The van der Waals surface area contributed by atoms with Gasteiger partial charge in [0.15, 0.2) is 5.76 Å². The van der Waals surface area contributed by atoms with E-state index in [4.69, 9.17) is 4.74 Å². The van der Waals surface area contributed by atoms with Gasteiger partial charge in [0.2, 0.25) is 0 Å². The zero-order valence-corrected chi connectivity index (χ0v) is 12.3. The summed E-state index contributed by atoms with van der Waals surface area (Å²) in [7, 11) is 0. The fourth-order valence-corrected chi connectivity index (χ4v) is 2.60. The molecule has 0 bridgehead atoms. The minimum atomic E-state index is -0.463. The second kappa shape index (κ2) is 5.27. The number of rotatable bonds is 2. The normalized spacial score (nSPS) is 14.7. The van der Waals surface area contributed by atoms with Crippen LogP contribution in [-0.4, -0.2) is 15.9 Å². The Labute approximate surface area is 136 Å². The van der Waals surface area contributed by atoms with E-state index in [2.05, 4.69) is 4.98 Å². The third-order valence-corrected chi connectivity index (χ3v) is 3.78. The van der Waals surface area contributed by atoms with Crippen molar-refractivity contribution >= 4 is 34.4 Å². The van der Waals surface area contributed by atoms with Gasteiger partial charge < -0.3 is 4.74 Å². The number of para-hydroxylation sites is 1. The highest BCUT2D eigenvalue weighted by Gasteiger charge is 2.28. The number of ether oxygens (including phenoxy) is 1. The average Bonchev–Trinajstić information content (AvgIpc) is 2.89. The number of esters is 1. The molecule has 0 atom stereocenters. The van der Waals surface area contributed by atoms with E-state index in [1.165, 1.54) is 12.1 Å². The molecule has 0 saturated carbocycles. The molecule has 0 amide bonds. The van der Waals surface area contributed by atoms with Gasteiger partial charge >= 0.3 is 5.97 Å². The number of nitro benzene ring substituents is 1. The number of carbonyl (C=O) groups is 1. The van der Waals surface area contributed by atoms with Gasteiger partial charge in [-0.25, -0.2) is 9.78 Å². The van der Waals surface area contributed by atoms with Crippen LogP contribution < -0.4 is 0 Å². The zero-order chi connectivity index (χ0) is 16.7. The predicted octanol–water partition coefficient (Wildman–Crippen LogP) is 3.81. The first-order valence-electron chi connectivity index (χ1n) is 7.20. The van der Waals surface area contributed by atoms with Gasteiger partial charge in [0.25, 0.3) is 5.69 Å². The Balaban J connectivity index is 1.80. The Bertz CT molecular complexity index is 1020. The van der Waals surface area contributed by atoms with E-state index in [-0.39, 0.29) is 5.69 Å². The summed E-state index contributed by atoms with van der Waals surface area (Å²) >= 11 is 0. The number of cyclic esters (lactones) is 1. The lowest BCUT2D eigenvalue weighted by molar-refractivity contribution is -0.384. The van der Waals surface area contributed by atoms with Crippen LogP contribution in [0.15, 0.2) is 54.6 Å². The number of fused-ring (bicyclic) bond motifs is 2. The molecule has 0 aliphatic carbocycles.